The van der Waals surface area contributed by atoms with Crippen LogP contribution in [-0.4, -0.2) is 184 Å². The van der Waals surface area contributed by atoms with Crippen molar-refractivity contribution >= 4 is 23.9 Å². The van der Waals surface area contributed by atoms with Crippen LogP contribution in [-0.2, 0) is 28.6 Å². The molecule has 2 rings (SSSR count). The maximum Gasteiger partial charge on any atom is 0.317 e. The van der Waals surface area contributed by atoms with Gasteiger partial charge in [0.1, 0.15) is 24.7 Å². The van der Waals surface area contributed by atoms with Crippen molar-refractivity contribution in [2.24, 2.45) is 58.1 Å². The van der Waals surface area contributed by atoms with Gasteiger partial charge in [-0.2, -0.15) is 0 Å². The van der Waals surface area contributed by atoms with Crippen LogP contribution in [0.5, 0.6) is 0 Å². The van der Waals surface area contributed by atoms with E-state index in [0.717, 1.165) is 45.1 Å². The van der Waals surface area contributed by atoms with Gasteiger partial charge in [0.25, 0.3) is 0 Å². The number of carboxylic acids is 1. The van der Waals surface area contributed by atoms with Crippen molar-refractivity contribution in [2.75, 3.05) is 13.6 Å². The molecule has 22 atom stereocenters. The van der Waals surface area contributed by atoms with Crippen LogP contribution >= 0.6 is 0 Å². The molecule has 0 unspecified atom stereocenters. The number of nitrogens with one attached hydrogen (secondary N) is 1. The Kier molecular flexibility index (Phi) is 33.1. The number of cyclic esters (lactones) is 1. The highest BCUT2D eigenvalue weighted by Gasteiger charge is 2.50. The third kappa shape index (κ3) is 26.2. The highest BCUT2D eigenvalue weighted by atomic mass is 16.7. The quantitative estimate of drug-likeness (QED) is 0.0296. The number of hydrogen-bond donors (Lipinski definition) is 14. The highest BCUT2D eigenvalue weighted by Crippen LogP contribution is 2.36. The maximum absolute atomic E-state index is 13.9. The van der Waals surface area contributed by atoms with E-state index in [2.05, 4.69) is 29.4 Å². The van der Waals surface area contributed by atoms with Crippen LogP contribution in [0.15, 0.2) is 53.6 Å². The molecule has 0 aromatic rings. The Hall–Kier alpha value is -3.84. The number of allylic oxidation sites excluding steroid dienone is 4. The van der Waals surface area contributed by atoms with Gasteiger partial charge in [-0.3, -0.25) is 19.4 Å². The van der Waals surface area contributed by atoms with Crippen LogP contribution in [0.3, 0.4) is 0 Å². The summed E-state index contributed by atoms with van der Waals surface area (Å²) in [6.07, 6.45) is -0.0780. The molecule has 15 N–H and O–H groups in total. The van der Waals surface area contributed by atoms with Gasteiger partial charge in [0.15, 0.2) is 11.7 Å². The Balaban J connectivity index is 2.45. The number of aliphatic hydroxyl groups excluding tert-OH is 10. The van der Waals surface area contributed by atoms with E-state index in [1.54, 1.807) is 59.9 Å². The first kappa shape index (κ1) is 72.3. The van der Waals surface area contributed by atoms with Gasteiger partial charge in [0, 0.05) is 69.4 Å². The summed E-state index contributed by atoms with van der Waals surface area (Å²) < 4.78 is 17.5. The molecule has 21 heteroatoms. The van der Waals surface area contributed by atoms with Gasteiger partial charge in [-0.25, -0.2) is 0 Å². The lowest BCUT2D eigenvalue weighted by Gasteiger charge is -2.45. The molecule has 0 aromatic heterocycles. The number of guanidine groups is 1. The predicted molar refractivity (Wildman–Crippen MR) is 302 cm³/mol. The molecule has 0 amide bonds. The Labute approximate surface area is 474 Å². The number of unbranched alkanes of at least 4 members (excludes halogenated alkanes) is 2. The van der Waals surface area contributed by atoms with Crippen molar-refractivity contribution in [1.82, 2.24) is 5.32 Å². The molecule has 1 fully saturated rings. The number of nitrogens with two attached hydrogens (primary N) is 1. The molecule has 80 heavy (non-hydrogen) atoms. The molecule has 0 aliphatic carbocycles. The third-order valence-electron chi connectivity index (χ3n) is 16.2. The Morgan fingerprint density at radius 1 is 0.762 bits per heavy atom. The van der Waals surface area contributed by atoms with Crippen LogP contribution in [0.4, 0.5) is 0 Å². The van der Waals surface area contributed by atoms with Gasteiger partial charge < -0.3 is 86.5 Å². The normalized spacial score (nSPS) is 38.9. The second-order valence-corrected chi connectivity index (χ2v) is 23.4. The molecule has 21 nitrogen and oxygen atoms in total. The number of aliphatic hydroxyl groups is 11. The molecule has 0 radical (unpaired) electrons. The van der Waals surface area contributed by atoms with Crippen molar-refractivity contribution in [3.63, 3.8) is 0 Å². The monoisotopic (exact) mass is 1140 g/mol. The lowest BCUT2D eigenvalue weighted by Crippen LogP contribution is -2.59. The molecule has 1 saturated heterocycles. The minimum atomic E-state index is -2.50. The third-order valence-corrected chi connectivity index (χ3v) is 16.2. The van der Waals surface area contributed by atoms with Crippen LogP contribution in [0.1, 0.15) is 152 Å². The van der Waals surface area contributed by atoms with Gasteiger partial charge in [-0.15, -0.1) is 0 Å². The summed E-state index contributed by atoms with van der Waals surface area (Å²) in [5.41, 5.74) is 5.68. The lowest BCUT2D eigenvalue weighted by atomic mass is 9.83. The van der Waals surface area contributed by atoms with E-state index in [-0.39, 0.29) is 62.7 Å². The molecule has 2 aliphatic heterocycles. The zero-order valence-corrected chi connectivity index (χ0v) is 48.9. The summed E-state index contributed by atoms with van der Waals surface area (Å²) in [6.45, 7) is 14.8. The summed E-state index contributed by atoms with van der Waals surface area (Å²) >= 11 is 0. The van der Waals surface area contributed by atoms with E-state index in [4.69, 9.17) is 19.9 Å². The zero-order valence-electron chi connectivity index (χ0n) is 48.9. The van der Waals surface area contributed by atoms with Crippen LogP contribution in [0, 0.1) is 47.3 Å². The number of esters is 2. The number of nitrogens with zero attached hydrogens (tertiary/aromatic N) is 1. The average Bonchev–Trinajstić information content (AvgIpc) is 3.38. The molecule has 0 spiro atoms. The Morgan fingerprint density at radius 2 is 1.40 bits per heavy atom. The number of fused-ring (bicyclic) bond motifs is 2. The molecular weight excluding hydrogens is 1040 g/mol. The lowest BCUT2D eigenvalue weighted by molar-refractivity contribution is -0.333. The second-order valence-electron chi connectivity index (χ2n) is 23.4. The summed E-state index contributed by atoms with van der Waals surface area (Å²) in [5, 5.41) is 135. The minimum Gasteiger partial charge on any atom is -0.481 e. The van der Waals surface area contributed by atoms with Crippen molar-refractivity contribution in [3.05, 3.63) is 48.6 Å². The van der Waals surface area contributed by atoms with Gasteiger partial charge in [-0.1, -0.05) is 103 Å². The molecule has 2 bridgehead atoms. The second kappa shape index (κ2) is 36.7. The number of carbonyl (C=O) groups is 3. The van der Waals surface area contributed by atoms with Crippen LogP contribution in [0.25, 0.3) is 0 Å². The number of carboxylic acid groups (broad SMARTS) is 1. The predicted octanol–water partition coefficient (Wildman–Crippen LogP) is 3.30. The van der Waals surface area contributed by atoms with Crippen molar-refractivity contribution in [2.45, 2.75) is 237 Å². The number of aliphatic imine (C=N–C) groups is 1. The largest absolute Gasteiger partial charge is 0.481 e. The van der Waals surface area contributed by atoms with Crippen molar-refractivity contribution in [1.29, 1.82) is 0 Å². The maximum atomic E-state index is 13.9. The first-order valence-electron chi connectivity index (χ1n) is 29.0. The summed E-state index contributed by atoms with van der Waals surface area (Å²) in [6, 6.07) is 0. The van der Waals surface area contributed by atoms with Crippen LogP contribution < -0.4 is 11.1 Å². The van der Waals surface area contributed by atoms with Gasteiger partial charge in [0.2, 0.25) is 0 Å². The first-order valence-corrected chi connectivity index (χ1v) is 29.0. The molecule has 2 aliphatic rings. The number of rotatable bonds is 14. The van der Waals surface area contributed by atoms with E-state index in [1.807, 2.05) is 19.9 Å². The fourth-order valence-corrected chi connectivity index (χ4v) is 10.3. The Bertz CT molecular complexity index is 1960. The molecular formula is C59H103N3O18. The van der Waals surface area contributed by atoms with E-state index >= 15 is 0 Å². The zero-order chi connectivity index (χ0) is 60.4. The number of hydrogen-bond acceptors (Lipinski definition) is 18. The molecule has 462 valence electrons. The highest BCUT2D eigenvalue weighted by molar-refractivity contribution is 5.90. The number of aliphatic carboxylic acids is 1. The number of carbonyl (C=O) groups excluding carboxylic acids is 2. The smallest absolute Gasteiger partial charge is 0.317 e. The Morgan fingerprint density at radius 3 is 2.05 bits per heavy atom. The summed E-state index contributed by atoms with van der Waals surface area (Å²) in [4.78, 5) is 41.7. The van der Waals surface area contributed by atoms with E-state index < -0.39 is 145 Å². The molecule has 0 aromatic carbocycles. The molecule has 2 heterocycles. The van der Waals surface area contributed by atoms with Gasteiger partial charge in [-0.05, 0) is 76.0 Å². The van der Waals surface area contributed by atoms with Crippen LogP contribution in [0.2, 0.25) is 0 Å². The van der Waals surface area contributed by atoms with Crippen molar-refractivity contribution in [3.8, 4) is 0 Å². The summed E-state index contributed by atoms with van der Waals surface area (Å²) in [5.74, 6) is -9.42. The SMILES string of the molecule is CN=C(N)NCCC/C=C/CCC[C@H](C)C[C@H](C)[C@H]1OC(=O)[C@H](C)[C@H](O)/C=C\[C@H](C)[C@H](O)C[C@H](O)[C@H](C)[C@@H](O)CC[C@H](C)[C@H](O)C[C@]2(O)O[C@H](C[C@@H](O)C[C@H](OC(=O)CC(=O)O)C[C@@H](O)[C@H](C)[C@H](O)/C=C\C=C/[C@@H]1C)C[C@H](O)[C@H]2O. The van der Waals surface area contributed by atoms with E-state index in [1.165, 1.54) is 12.2 Å². The van der Waals surface area contributed by atoms with E-state index in [9.17, 15) is 75.7 Å². The first-order chi connectivity index (χ1) is 37.5. The van der Waals surface area contributed by atoms with E-state index in [0.29, 0.717) is 5.96 Å². The van der Waals surface area contributed by atoms with Gasteiger partial charge in [0.05, 0.1) is 67.0 Å². The topological polar surface area (TPSA) is 372 Å². The fourth-order valence-electron chi connectivity index (χ4n) is 10.3. The minimum absolute atomic E-state index is 0.0842. The molecule has 0 saturated carbocycles. The number of ether oxygens (including phenoxy) is 3. The van der Waals surface area contributed by atoms with Crippen molar-refractivity contribution < 1.29 is 89.9 Å². The average molecular weight is 1140 g/mol. The fraction of sp³-hybridized carbons (Fsp3) is 0.797. The van der Waals surface area contributed by atoms with Gasteiger partial charge >= 0.3 is 17.9 Å². The summed E-state index contributed by atoms with van der Waals surface area (Å²) in [7, 11) is 1.63. The standard InChI is InChI=1S/C59H103N3O18/c1-34(18-14-12-10-11-13-17-25-62-58(60)61-9)26-38(5)55-37(4)19-15-16-20-45(64)39(6)49(68)29-43(78-54(74)32-53(72)73)27-42(63)28-44-30-51(70)56(75)59(77,80-44)33-52(71)36(3)22-23-46(65)40(7)50(69)31-48(67)35(2)21-24-47(66)41(8)57(76)79-55/h10-11,15-16,19-21,24,34-52,55-56,63-71,75,77H,12-14,17-18,22-23,25-33H2,1-9H3,(H,72,73)(H3,60,61,62)/b11-10+,19-15-,20-16-,24-21-/t34-,35-,36-,37-,38-,39+,40+,41+,42-,43-,44+,45+,46-,47+,48+,49+,50-,51-,52+,55-,56+,59-/m0/s1.